The summed E-state index contributed by atoms with van der Waals surface area (Å²) in [7, 11) is 0. The van der Waals surface area contributed by atoms with E-state index in [2.05, 4.69) is 68.8 Å². The lowest BCUT2D eigenvalue weighted by Gasteiger charge is -2.16. The molecule has 32 heavy (non-hydrogen) atoms. The van der Waals surface area contributed by atoms with Crippen LogP contribution >= 0.6 is 0 Å². The highest BCUT2D eigenvalue weighted by molar-refractivity contribution is 5.59. The van der Waals surface area contributed by atoms with Crippen LogP contribution in [-0.4, -0.2) is 42.3 Å². The smallest absolute Gasteiger partial charge is 0.229 e. The van der Waals surface area contributed by atoms with E-state index in [4.69, 9.17) is 0 Å². The topological polar surface area (TPSA) is 100 Å². The van der Waals surface area contributed by atoms with E-state index in [9.17, 15) is 5.11 Å². The van der Waals surface area contributed by atoms with Gasteiger partial charge in [-0.15, -0.1) is 0 Å². The van der Waals surface area contributed by atoms with Crippen LogP contribution in [0.2, 0.25) is 0 Å². The number of nitrogens with one attached hydrogen (secondary N) is 2. The summed E-state index contributed by atoms with van der Waals surface area (Å²) in [5, 5.41) is 20.7. The fourth-order valence-electron chi connectivity index (χ4n) is 3.45. The Labute approximate surface area is 187 Å². The number of rotatable bonds is 9. The maximum Gasteiger partial charge on any atom is 0.229 e. The molecule has 0 radical (unpaired) electrons. The average molecular weight is 432 g/mol. The first-order valence-electron chi connectivity index (χ1n) is 11.0. The standard InChI is InChI=1S/C24H29N7O/c1-4-19(15-32)28-23-29-22-20(16(2)3)14-27-31(22)24(30-23)26-13-17-8-10-18(11-9-17)21-7-5-6-12-25-21/h5-12,14,16,19,32H,4,13,15H2,1-3H3,(H2,26,28,29,30). The van der Waals surface area contributed by atoms with Crippen LogP contribution in [0.25, 0.3) is 16.9 Å². The van der Waals surface area contributed by atoms with Crippen LogP contribution in [0.4, 0.5) is 11.9 Å². The van der Waals surface area contributed by atoms with Crippen LogP contribution in [-0.2, 0) is 6.54 Å². The molecule has 0 fully saturated rings. The van der Waals surface area contributed by atoms with Crippen LogP contribution in [0.3, 0.4) is 0 Å². The highest BCUT2D eigenvalue weighted by Gasteiger charge is 2.16. The highest BCUT2D eigenvalue weighted by atomic mass is 16.3. The van der Waals surface area contributed by atoms with Gasteiger partial charge in [-0.25, -0.2) is 0 Å². The summed E-state index contributed by atoms with van der Waals surface area (Å²) in [6, 6.07) is 14.1. The van der Waals surface area contributed by atoms with Crippen LogP contribution in [0.15, 0.2) is 54.9 Å². The second-order valence-corrected chi connectivity index (χ2v) is 8.06. The molecule has 0 aliphatic heterocycles. The molecule has 0 saturated carbocycles. The minimum Gasteiger partial charge on any atom is -0.394 e. The quantitative estimate of drug-likeness (QED) is 0.367. The number of pyridine rings is 1. The Bertz CT molecular complexity index is 1150. The molecule has 3 aromatic heterocycles. The van der Waals surface area contributed by atoms with Crippen molar-refractivity contribution in [2.24, 2.45) is 0 Å². The number of benzene rings is 1. The molecule has 3 heterocycles. The van der Waals surface area contributed by atoms with Crippen LogP contribution in [0.1, 0.15) is 44.2 Å². The number of aliphatic hydroxyl groups is 1. The molecule has 0 bridgehead atoms. The number of hydrogen-bond donors (Lipinski definition) is 3. The minimum atomic E-state index is -0.102. The molecule has 0 amide bonds. The van der Waals surface area contributed by atoms with Crippen molar-refractivity contribution in [2.45, 2.75) is 45.7 Å². The molecule has 8 nitrogen and oxygen atoms in total. The zero-order chi connectivity index (χ0) is 22.5. The van der Waals surface area contributed by atoms with Crippen molar-refractivity contribution in [3.05, 3.63) is 66.0 Å². The monoisotopic (exact) mass is 431 g/mol. The summed E-state index contributed by atoms with van der Waals surface area (Å²) < 4.78 is 1.74. The number of anilines is 2. The summed E-state index contributed by atoms with van der Waals surface area (Å²) in [6.45, 7) is 6.85. The lowest BCUT2D eigenvalue weighted by atomic mass is 10.1. The third-order valence-corrected chi connectivity index (χ3v) is 5.43. The van der Waals surface area contributed by atoms with Gasteiger partial charge in [0.2, 0.25) is 11.9 Å². The van der Waals surface area contributed by atoms with Crippen molar-refractivity contribution in [1.29, 1.82) is 0 Å². The second kappa shape index (κ2) is 9.74. The van der Waals surface area contributed by atoms with Gasteiger partial charge >= 0.3 is 0 Å². The predicted octanol–water partition coefficient (Wildman–Crippen LogP) is 4.10. The maximum atomic E-state index is 9.57. The van der Waals surface area contributed by atoms with Crippen molar-refractivity contribution in [2.75, 3.05) is 17.2 Å². The third-order valence-electron chi connectivity index (χ3n) is 5.43. The lowest BCUT2D eigenvalue weighted by Crippen LogP contribution is -2.24. The van der Waals surface area contributed by atoms with Gasteiger partial charge in [0, 0.05) is 23.9 Å². The van der Waals surface area contributed by atoms with E-state index in [1.807, 2.05) is 31.3 Å². The Morgan fingerprint density at radius 2 is 1.88 bits per heavy atom. The van der Waals surface area contributed by atoms with E-state index in [-0.39, 0.29) is 18.6 Å². The van der Waals surface area contributed by atoms with E-state index in [0.717, 1.165) is 34.5 Å². The van der Waals surface area contributed by atoms with Gasteiger partial charge in [0.15, 0.2) is 5.65 Å². The molecule has 1 atom stereocenters. The Hall–Kier alpha value is -3.52. The van der Waals surface area contributed by atoms with Gasteiger partial charge in [-0.2, -0.15) is 19.6 Å². The molecule has 1 unspecified atom stereocenters. The van der Waals surface area contributed by atoms with Gasteiger partial charge in [-0.05, 0) is 30.0 Å². The number of fused-ring (bicyclic) bond motifs is 1. The van der Waals surface area contributed by atoms with Crippen LogP contribution in [0, 0.1) is 0 Å². The minimum absolute atomic E-state index is 0.0206. The first-order chi connectivity index (χ1) is 15.6. The molecule has 1 aromatic carbocycles. The molecule has 3 N–H and O–H groups in total. The van der Waals surface area contributed by atoms with E-state index >= 15 is 0 Å². The van der Waals surface area contributed by atoms with Crippen molar-refractivity contribution in [3.8, 4) is 11.3 Å². The van der Waals surface area contributed by atoms with Gasteiger partial charge in [0.05, 0.1) is 24.5 Å². The largest absolute Gasteiger partial charge is 0.394 e. The first-order valence-corrected chi connectivity index (χ1v) is 11.0. The summed E-state index contributed by atoms with van der Waals surface area (Å²) in [6.07, 6.45) is 4.41. The zero-order valence-corrected chi connectivity index (χ0v) is 18.7. The molecule has 0 saturated heterocycles. The van der Waals surface area contributed by atoms with E-state index < -0.39 is 0 Å². The Balaban J connectivity index is 1.58. The average Bonchev–Trinajstić information content (AvgIpc) is 3.26. The van der Waals surface area contributed by atoms with Gasteiger partial charge in [-0.3, -0.25) is 4.98 Å². The number of aliphatic hydroxyl groups excluding tert-OH is 1. The Morgan fingerprint density at radius 1 is 1.06 bits per heavy atom. The number of nitrogens with zero attached hydrogens (tertiary/aromatic N) is 5. The fraction of sp³-hybridized carbons (Fsp3) is 0.333. The Morgan fingerprint density at radius 3 is 2.53 bits per heavy atom. The van der Waals surface area contributed by atoms with Crippen molar-refractivity contribution in [3.63, 3.8) is 0 Å². The van der Waals surface area contributed by atoms with Crippen LogP contribution in [0.5, 0.6) is 0 Å². The van der Waals surface area contributed by atoms with Gasteiger partial charge < -0.3 is 15.7 Å². The van der Waals surface area contributed by atoms with Crippen molar-refractivity contribution >= 4 is 17.5 Å². The highest BCUT2D eigenvalue weighted by Crippen LogP contribution is 2.23. The van der Waals surface area contributed by atoms with Gasteiger partial charge in [0.25, 0.3) is 0 Å². The molecule has 4 rings (SSSR count). The summed E-state index contributed by atoms with van der Waals surface area (Å²) in [5.41, 5.74) is 4.96. The van der Waals surface area contributed by atoms with Crippen molar-refractivity contribution in [1.82, 2.24) is 24.6 Å². The predicted molar refractivity (Wildman–Crippen MR) is 127 cm³/mol. The van der Waals surface area contributed by atoms with Gasteiger partial charge in [-0.1, -0.05) is 51.1 Å². The molecular weight excluding hydrogens is 402 g/mol. The van der Waals surface area contributed by atoms with Gasteiger partial charge in [0.1, 0.15) is 0 Å². The normalized spacial score (nSPS) is 12.3. The first kappa shape index (κ1) is 21.7. The van der Waals surface area contributed by atoms with E-state index in [0.29, 0.717) is 18.4 Å². The Kier molecular flexibility index (Phi) is 6.61. The van der Waals surface area contributed by atoms with Crippen LogP contribution < -0.4 is 10.6 Å². The lowest BCUT2D eigenvalue weighted by molar-refractivity contribution is 0.271. The second-order valence-electron chi connectivity index (χ2n) is 8.06. The maximum absolute atomic E-state index is 9.57. The summed E-state index contributed by atoms with van der Waals surface area (Å²) in [5.74, 6) is 1.36. The van der Waals surface area contributed by atoms with E-state index in [1.54, 1.807) is 10.7 Å². The van der Waals surface area contributed by atoms with Crippen molar-refractivity contribution < 1.29 is 5.11 Å². The number of aromatic nitrogens is 5. The third kappa shape index (κ3) is 4.70. The summed E-state index contributed by atoms with van der Waals surface area (Å²) in [4.78, 5) is 13.7. The molecule has 8 heteroatoms. The molecule has 0 aliphatic carbocycles. The molecular formula is C24H29N7O. The molecule has 166 valence electrons. The molecule has 0 spiro atoms. The zero-order valence-electron chi connectivity index (χ0n) is 18.7. The SMILES string of the molecule is CCC(CO)Nc1nc(NCc2ccc(-c3ccccn3)cc2)n2ncc(C(C)C)c2n1. The summed E-state index contributed by atoms with van der Waals surface area (Å²) >= 11 is 0. The molecule has 4 aromatic rings. The number of hydrogen-bond acceptors (Lipinski definition) is 7. The molecule has 0 aliphatic rings. The van der Waals surface area contributed by atoms with E-state index in [1.165, 1.54) is 0 Å². The fourth-order valence-corrected chi connectivity index (χ4v) is 3.45.